The summed E-state index contributed by atoms with van der Waals surface area (Å²) in [5.41, 5.74) is 0.367. The number of anilines is 1. The molecule has 0 spiro atoms. The van der Waals surface area contributed by atoms with Gasteiger partial charge in [0, 0.05) is 43.1 Å². The van der Waals surface area contributed by atoms with Gasteiger partial charge >= 0.3 is 5.97 Å². The molecule has 1 aliphatic rings. The summed E-state index contributed by atoms with van der Waals surface area (Å²) in [6.45, 7) is 0. The SMILES string of the molecule is O=C(O)C1(N(c2ccc(-c3csc4ccccc34)s2)S(=O)[O-])CC1c1ccccc1. The fraction of sp³-hybridized carbons (Fsp3) is 0.136. The highest BCUT2D eigenvalue weighted by Crippen LogP contribution is 2.58. The second-order valence-electron chi connectivity index (χ2n) is 7.19. The van der Waals surface area contributed by atoms with Crippen LogP contribution in [0.2, 0.25) is 0 Å². The van der Waals surface area contributed by atoms with Crippen molar-refractivity contribution in [3.8, 4) is 10.4 Å². The summed E-state index contributed by atoms with van der Waals surface area (Å²) in [5.74, 6) is -1.52. The molecule has 0 aliphatic heterocycles. The first-order valence-corrected chi connectivity index (χ1v) is 12.0. The Bertz CT molecular complexity index is 1270. The van der Waals surface area contributed by atoms with Crippen LogP contribution in [0, 0.1) is 0 Å². The van der Waals surface area contributed by atoms with Crippen molar-refractivity contribution in [2.75, 3.05) is 4.31 Å². The molecule has 30 heavy (non-hydrogen) atoms. The first-order chi connectivity index (χ1) is 14.5. The monoisotopic (exact) mass is 454 g/mol. The highest BCUT2D eigenvalue weighted by molar-refractivity contribution is 7.81. The molecule has 0 bridgehead atoms. The van der Waals surface area contributed by atoms with Gasteiger partial charge in [0.15, 0.2) is 5.54 Å². The number of rotatable bonds is 6. The van der Waals surface area contributed by atoms with Crippen LogP contribution in [-0.2, 0) is 16.1 Å². The minimum Gasteiger partial charge on any atom is -0.755 e. The van der Waals surface area contributed by atoms with Crippen molar-refractivity contribution in [3.63, 3.8) is 0 Å². The van der Waals surface area contributed by atoms with E-state index in [2.05, 4.69) is 5.38 Å². The summed E-state index contributed by atoms with van der Waals surface area (Å²) >= 11 is 0.209. The Morgan fingerprint density at radius 1 is 1.10 bits per heavy atom. The molecule has 1 N–H and O–H groups in total. The van der Waals surface area contributed by atoms with Gasteiger partial charge in [-0.1, -0.05) is 48.5 Å². The lowest BCUT2D eigenvalue weighted by atomic mass is 10.1. The molecule has 3 unspecified atom stereocenters. The molecule has 2 aromatic heterocycles. The summed E-state index contributed by atoms with van der Waals surface area (Å²) in [6, 6.07) is 20.8. The second-order valence-corrected chi connectivity index (χ2v) is 9.96. The van der Waals surface area contributed by atoms with E-state index < -0.39 is 22.8 Å². The standard InChI is InChI=1S/C22H17NO4S3/c24-21(25)22(12-17(22)14-6-2-1-3-7-14)23(30(26)27)20-11-10-19(29-20)16-13-28-18-9-5-4-8-15(16)18/h1-11,13,17H,12H2,(H,24,25)(H,26,27)/p-1. The average Bonchev–Trinajstić information content (AvgIpc) is 3.07. The quantitative estimate of drug-likeness (QED) is 0.404. The van der Waals surface area contributed by atoms with E-state index in [1.54, 1.807) is 17.4 Å². The molecule has 8 heteroatoms. The van der Waals surface area contributed by atoms with E-state index in [9.17, 15) is 18.7 Å². The topological polar surface area (TPSA) is 80.7 Å². The molecule has 152 valence electrons. The number of hydrogen-bond donors (Lipinski definition) is 1. The number of thiophene rings is 2. The maximum absolute atomic E-state index is 12.3. The maximum atomic E-state index is 12.3. The predicted octanol–water partition coefficient (Wildman–Crippen LogP) is 5.24. The van der Waals surface area contributed by atoms with Gasteiger partial charge in [0.25, 0.3) is 0 Å². The van der Waals surface area contributed by atoms with Crippen LogP contribution in [0.1, 0.15) is 17.9 Å². The van der Waals surface area contributed by atoms with Crippen LogP contribution in [-0.4, -0.2) is 25.4 Å². The molecule has 0 amide bonds. The van der Waals surface area contributed by atoms with Crippen molar-refractivity contribution in [1.29, 1.82) is 0 Å². The molecule has 0 radical (unpaired) electrons. The van der Waals surface area contributed by atoms with Crippen LogP contribution in [0.5, 0.6) is 0 Å². The molecular weight excluding hydrogens is 438 g/mol. The highest BCUT2D eigenvalue weighted by atomic mass is 32.2. The van der Waals surface area contributed by atoms with E-state index in [0.29, 0.717) is 5.00 Å². The van der Waals surface area contributed by atoms with Crippen molar-refractivity contribution in [1.82, 2.24) is 0 Å². The predicted molar refractivity (Wildman–Crippen MR) is 121 cm³/mol. The van der Waals surface area contributed by atoms with Gasteiger partial charge in [-0.25, -0.2) is 4.79 Å². The van der Waals surface area contributed by atoms with Crippen LogP contribution < -0.4 is 4.31 Å². The highest BCUT2D eigenvalue weighted by Gasteiger charge is 2.66. The lowest BCUT2D eigenvalue weighted by Crippen LogP contribution is -2.46. The van der Waals surface area contributed by atoms with E-state index in [0.717, 1.165) is 30.4 Å². The van der Waals surface area contributed by atoms with Gasteiger partial charge in [-0.15, -0.1) is 22.7 Å². The Morgan fingerprint density at radius 2 is 1.83 bits per heavy atom. The number of aliphatic carboxylic acids is 1. The third kappa shape index (κ3) is 2.99. The largest absolute Gasteiger partial charge is 0.755 e. The van der Waals surface area contributed by atoms with E-state index >= 15 is 0 Å². The fourth-order valence-electron chi connectivity index (χ4n) is 4.03. The zero-order chi connectivity index (χ0) is 20.9. The molecule has 4 aromatic rings. The van der Waals surface area contributed by atoms with E-state index in [-0.39, 0.29) is 12.3 Å². The molecule has 1 fully saturated rings. The normalized spacial score (nSPS) is 21.4. The zero-order valence-corrected chi connectivity index (χ0v) is 18.0. The second kappa shape index (κ2) is 7.31. The maximum Gasteiger partial charge on any atom is 0.331 e. The molecule has 0 saturated heterocycles. The minimum atomic E-state index is -2.72. The smallest absolute Gasteiger partial charge is 0.331 e. The van der Waals surface area contributed by atoms with Crippen LogP contribution in [0.25, 0.3) is 20.5 Å². The Kier molecular flexibility index (Phi) is 4.74. The Balaban J connectivity index is 1.56. The van der Waals surface area contributed by atoms with Gasteiger partial charge in [-0.3, -0.25) is 8.51 Å². The van der Waals surface area contributed by atoms with Crippen molar-refractivity contribution in [2.24, 2.45) is 0 Å². The Hall–Kier alpha value is -2.52. The summed E-state index contributed by atoms with van der Waals surface area (Å²) in [7, 11) is 0. The van der Waals surface area contributed by atoms with Gasteiger partial charge in [0.05, 0.1) is 0 Å². The van der Waals surface area contributed by atoms with Crippen molar-refractivity contribution >= 4 is 55.0 Å². The van der Waals surface area contributed by atoms with Crippen LogP contribution >= 0.6 is 22.7 Å². The molecule has 1 aliphatic carbocycles. The van der Waals surface area contributed by atoms with E-state index in [1.165, 1.54) is 11.3 Å². The minimum absolute atomic E-state index is 0.245. The lowest BCUT2D eigenvalue weighted by molar-refractivity contribution is -0.139. The summed E-state index contributed by atoms with van der Waals surface area (Å²) in [6.07, 6.45) is 0.245. The number of carboxylic acid groups (broad SMARTS) is 1. The van der Waals surface area contributed by atoms with Crippen LogP contribution in [0.15, 0.2) is 72.1 Å². The molecular formula is C22H16NO4S3-. The number of benzene rings is 2. The average molecular weight is 455 g/mol. The third-order valence-electron chi connectivity index (χ3n) is 5.55. The summed E-state index contributed by atoms with van der Waals surface area (Å²) in [5, 5.41) is 13.6. The van der Waals surface area contributed by atoms with Crippen LogP contribution in [0.4, 0.5) is 5.00 Å². The van der Waals surface area contributed by atoms with Gasteiger partial charge in [-0.05, 0) is 30.2 Å². The van der Waals surface area contributed by atoms with Gasteiger partial charge in [0.2, 0.25) is 0 Å². The molecule has 2 heterocycles. The first kappa shape index (κ1) is 19.4. The first-order valence-electron chi connectivity index (χ1n) is 9.27. The summed E-state index contributed by atoms with van der Waals surface area (Å²) in [4.78, 5) is 13.2. The molecule has 2 aromatic carbocycles. The molecule has 3 atom stereocenters. The van der Waals surface area contributed by atoms with Crippen molar-refractivity contribution in [3.05, 3.63) is 77.7 Å². The van der Waals surface area contributed by atoms with Gasteiger partial charge < -0.3 is 9.66 Å². The van der Waals surface area contributed by atoms with Gasteiger partial charge in [0.1, 0.15) is 5.00 Å². The fourth-order valence-corrected chi connectivity index (χ4v) is 7.14. The summed E-state index contributed by atoms with van der Waals surface area (Å²) < 4.78 is 26.7. The lowest BCUT2D eigenvalue weighted by Gasteiger charge is -2.32. The number of carboxylic acids is 1. The molecule has 5 nitrogen and oxygen atoms in total. The Labute approximate surface area is 183 Å². The van der Waals surface area contributed by atoms with Crippen molar-refractivity contribution in [2.45, 2.75) is 17.9 Å². The number of hydrogen-bond acceptors (Lipinski definition) is 5. The number of fused-ring (bicyclic) bond motifs is 1. The third-order valence-corrected chi connectivity index (χ3v) is 8.56. The Morgan fingerprint density at radius 3 is 2.57 bits per heavy atom. The molecule has 5 rings (SSSR count). The van der Waals surface area contributed by atoms with E-state index in [1.807, 2.05) is 60.7 Å². The number of nitrogens with zero attached hydrogens (tertiary/aromatic N) is 1. The van der Waals surface area contributed by atoms with Crippen molar-refractivity contribution < 1.29 is 18.7 Å². The van der Waals surface area contributed by atoms with E-state index in [4.69, 9.17) is 0 Å². The zero-order valence-electron chi connectivity index (χ0n) is 15.6. The molecule has 1 saturated carbocycles. The van der Waals surface area contributed by atoms with Crippen LogP contribution in [0.3, 0.4) is 0 Å². The number of carbonyl (C=O) groups is 1. The van der Waals surface area contributed by atoms with Gasteiger partial charge in [-0.2, -0.15) is 0 Å².